The molecule has 3 aromatic rings. The van der Waals surface area contributed by atoms with E-state index in [9.17, 15) is 31.1 Å². The van der Waals surface area contributed by atoms with Gasteiger partial charge in [0.25, 0.3) is 0 Å². The highest BCUT2D eigenvalue weighted by molar-refractivity contribution is 5.97. The standard InChI is InChI=1S/C23H16F6N2O4/c1-11(12-5-8-17-19(9-12)35-23(28,29)34-17)33-18-10-13(6-7-15(18)24)31-20-14(3-2-4-16(20)32)21(30-31)22(25,26)27/h5-11H,2-4H2,1H3/t11-/m0/s1. The Hall–Kier alpha value is -3.70. The van der Waals surface area contributed by atoms with E-state index in [-0.39, 0.29) is 53.5 Å². The predicted molar refractivity (Wildman–Crippen MR) is 107 cm³/mol. The third kappa shape index (κ3) is 4.17. The van der Waals surface area contributed by atoms with E-state index < -0.39 is 35.9 Å². The lowest BCUT2D eigenvalue weighted by Gasteiger charge is -2.18. The second-order valence-corrected chi connectivity index (χ2v) is 8.11. The highest BCUT2D eigenvalue weighted by Gasteiger charge is 2.44. The number of fused-ring (bicyclic) bond motifs is 2. The number of aromatic nitrogens is 2. The predicted octanol–water partition coefficient (Wildman–Crippen LogP) is 6.01. The molecule has 184 valence electrons. The van der Waals surface area contributed by atoms with Gasteiger partial charge in [0.2, 0.25) is 0 Å². The molecule has 35 heavy (non-hydrogen) atoms. The van der Waals surface area contributed by atoms with Crippen LogP contribution >= 0.6 is 0 Å². The number of carbonyl (C=O) groups excluding carboxylic acids is 1. The monoisotopic (exact) mass is 498 g/mol. The van der Waals surface area contributed by atoms with E-state index in [0.717, 1.165) is 16.8 Å². The molecule has 0 radical (unpaired) electrons. The summed E-state index contributed by atoms with van der Waals surface area (Å²) in [7, 11) is 0. The normalized spacial score (nSPS) is 17.3. The van der Waals surface area contributed by atoms with Gasteiger partial charge < -0.3 is 14.2 Å². The van der Waals surface area contributed by atoms with Crippen LogP contribution in [0.3, 0.4) is 0 Å². The molecule has 0 amide bonds. The minimum Gasteiger partial charge on any atom is -0.483 e. The first-order chi connectivity index (χ1) is 16.4. The summed E-state index contributed by atoms with van der Waals surface area (Å²) in [5.41, 5.74) is -1.18. The summed E-state index contributed by atoms with van der Waals surface area (Å²) in [6.07, 6.45) is -9.06. The molecule has 2 aliphatic rings. The summed E-state index contributed by atoms with van der Waals surface area (Å²) in [6, 6.07) is 7.22. The third-order valence-electron chi connectivity index (χ3n) is 5.70. The molecular formula is C23H16F6N2O4. The van der Waals surface area contributed by atoms with Crippen LogP contribution in [-0.4, -0.2) is 21.9 Å². The Kier molecular flexibility index (Phi) is 5.22. The molecule has 5 rings (SSSR count). The first-order valence-electron chi connectivity index (χ1n) is 10.5. The van der Waals surface area contributed by atoms with Gasteiger partial charge in [0.1, 0.15) is 11.8 Å². The average molecular weight is 498 g/mol. The Bertz CT molecular complexity index is 1330. The Morgan fingerprint density at radius 2 is 1.83 bits per heavy atom. The van der Waals surface area contributed by atoms with Gasteiger partial charge in [0.05, 0.1) is 5.69 Å². The molecule has 1 aliphatic heterocycles. The van der Waals surface area contributed by atoms with E-state index in [1.54, 1.807) is 0 Å². The van der Waals surface area contributed by atoms with Crippen LogP contribution in [0.2, 0.25) is 0 Å². The Morgan fingerprint density at radius 3 is 2.57 bits per heavy atom. The first-order valence-corrected chi connectivity index (χ1v) is 10.5. The van der Waals surface area contributed by atoms with Crippen LogP contribution in [0.1, 0.15) is 53.2 Å². The second-order valence-electron chi connectivity index (χ2n) is 8.11. The van der Waals surface area contributed by atoms with Crippen molar-refractivity contribution in [1.82, 2.24) is 9.78 Å². The van der Waals surface area contributed by atoms with Gasteiger partial charge >= 0.3 is 12.5 Å². The van der Waals surface area contributed by atoms with E-state index >= 15 is 0 Å². The van der Waals surface area contributed by atoms with Crippen molar-refractivity contribution in [2.24, 2.45) is 0 Å². The molecular weight excluding hydrogens is 482 g/mol. The van der Waals surface area contributed by atoms with Crippen LogP contribution in [0, 0.1) is 5.82 Å². The summed E-state index contributed by atoms with van der Waals surface area (Å²) in [6.45, 7) is 1.52. The van der Waals surface area contributed by atoms with E-state index in [1.165, 1.54) is 31.2 Å². The van der Waals surface area contributed by atoms with Crippen molar-refractivity contribution in [2.45, 2.75) is 44.8 Å². The van der Waals surface area contributed by atoms with Crippen molar-refractivity contribution in [3.63, 3.8) is 0 Å². The number of ketones is 1. The van der Waals surface area contributed by atoms with Gasteiger partial charge in [-0.3, -0.25) is 4.79 Å². The molecule has 0 saturated carbocycles. The summed E-state index contributed by atoms with van der Waals surface area (Å²) in [5.74, 6) is -2.05. The minimum atomic E-state index is -4.77. The SMILES string of the molecule is C[C@H](Oc1cc(-n2nc(C(F)(F)F)c3c2C(=O)CCC3)ccc1F)c1ccc2c(c1)OC(F)(F)O2. The van der Waals surface area contributed by atoms with Gasteiger partial charge in [-0.2, -0.15) is 18.3 Å². The van der Waals surface area contributed by atoms with Crippen LogP contribution in [0.15, 0.2) is 36.4 Å². The fraction of sp³-hybridized carbons (Fsp3) is 0.304. The van der Waals surface area contributed by atoms with Gasteiger partial charge in [0, 0.05) is 18.1 Å². The van der Waals surface area contributed by atoms with Gasteiger partial charge in [-0.25, -0.2) is 9.07 Å². The lowest BCUT2D eigenvalue weighted by Crippen LogP contribution is -2.25. The van der Waals surface area contributed by atoms with E-state index in [4.69, 9.17) is 4.74 Å². The highest BCUT2D eigenvalue weighted by atomic mass is 19.4. The second kappa shape index (κ2) is 7.92. The first kappa shape index (κ1) is 23.1. The number of alkyl halides is 5. The number of hydrogen-bond acceptors (Lipinski definition) is 5. The number of hydrogen-bond donors (Lipinski definition) is 0. The van der Waals surface area contributed by atoms with Crippen LogP contribution < -0.4 is 14.2 Å². The molecule has 12 heteroatoms. The highest BCUT2D eigenvalue weighted by Crippen LogP contribution is 2.43. The molecule has 0 saturated heterocycles. The zero-order valence-electron chi connectivity index (χ0n) is 18.0. The maximum atomic E-state index is 14.5. The molecule has 6 nitrogen and oxygen atoms in total. The minimum absolute atomic E-state index is 0.000860. The molecule has 1 atom stereocenters. The van der Waals surface area contributed by atoms with Crippen molar-refractivity contribution in [2.75, 3.05) is 0 Å². The smallest absolute Gasteiger partial charge is 0.483 e. The van der Waals surface area contributed by atoms with Gasteiger partial charge in [0.15, 0.2) is 34.5 Å². The largest absolute Gasteiger partial charge is 0.586 e. The van der Waals surface area contributed by atoms with Gasteiger partial charge in [-0.15, -0.1) is 8.78 Å². The van der Waals surface area contributed by atoms with Crippen molar-refractivity contribution in [1.29, 1.82) is 0 Å². The van der Waals surface area contributed by atoms with E-state index in [2.05, 4.69) is 14.6 Å². The molecule has 1 aliphatic carbocycles. The number of nitrogens with zero attached hydrogens (tertiary/aromatic N) is 2. The molecule has 2 heterocycles. The summed E-state index contributed by atoms with van der Waals surface area (Å²) < 4.78 is 97.0. The molecule has 0 fully saturated rings. The van der Waals surface area contributed by atoms with Gasteiger partial charge in [-0.05, 0) is 49.6 Å². The Balaban J connectivity index is 1.48. The van der Waals surface area contributed by atoms with Crippen LogP contribution in [0.5, 0.6) is 17.2 Å². The third-order valence-corrected chi connectivity index (χ3v) is 5.70. The number of benzene rings is 2. The van der Waals surface area contributed by atoms with E-state index in [0.29, 0.717) is 5.56 Å². The average Bonchev–Trinajstić information content (AvgIpc) is 3.31. The van der Waals surface area contributed by atoms with Crippen molar-refractivity contribution in [3.05, 3.63) is 64.7 Å². The number of Topliss-reactive ketones (excluding diaryl/α,β-unsaturated/α-hetero) is 1. The fourth-order valence-electron chi connectivity index (χ4n) is 4.12. The van der Waals surface area contributed by atoms with E-state index in [1.807, 2.05) is 0 Å². The van der Waals surface area contributed by atoms with Crippen molar-refractivity contribution in [3.8, 4) is 22.9 Å². The molecule has 0 unspecified atom stereocenters. The Morgan fingerprint density at radius 1 is 1.09 bits per heavy atom. The molecule has 1 aromatic heterocycles. The number of carbonyl (C=O) groups is 1. The lowest BCUT2D eigenvalue weighted by atomic mass is 9.94. The zero-order valence-corrected chi connectivity index (χ0v) is 18.0. The Labute approximate surface area is 194 Å². The molecule has 0 bridgehead atoms. The fourth-order valence-corrected chi connectivity index (χ4v) is 4.12. The molecule has 0 N–H and O–H groups in total. The zero-order chi connectivity index (χ0) is 25.1. The number of halogens is 6. The quantitative estimate of drug-likeness (QED) is 0.413. The van der Waals surface area contributed by atoms with Crippen molar-refractivity contribution < 1.29 is 45.3 Å². The molecule has 2 aromatic carbocycles. The molecule has 0 spiro atoms. The maximum Gasteiger partial charge on any atom is 0.586 e. The lowest BCUT2D eigenvalue weighted by molar-refractivity contribution is -0.286. The van der Waals surface area contributed by atoms with Crippen LogP contribution in [0.4, 0.5) is 26.3 Å². The number of rotatable bonds is 4. The van der Waals surface area contributed by atoms with Crippen LogP contribution in [0.25, 0.3) is 5.69 Å². The number of ether oxygens (including phenoxy) is 3. The summed E-state index contributed by atoms with van der Waals surface area (Å²) in [5, 5.41) is 3.64. The summed E-state index contributed by atoms with van der Waals surface area (Å²) in [4.78, 5) is 12.5. The topological polar surface area (TPSA) is 62.6 Å². The van der Waals surface area contributed by atoms with Gasteiger partial charge in [-0.1, -0.05) is 6.07 Å². The van der Waals surface area contributed by atoms with Crippen LogP contribution in [-0.2, 0) is 12.6 Å². The maximum absolute atomic E-state index is 14.5. The van der Waals surface area contributed by atoms with Crippen molar-refractivity contribution >= 4 is 5.78 Å². The summed E-state index contributed by atoms with van der Waals surface area (Å²) >= 11 is 0.